The average molecular weight is 569 g/mol. The normalized spacial score (nSPS) is 35.0. The third kappa shape index (κ3) is 4.63. The molecule has 0 spiro atoms. The predicted octanol–water partition coefficient (Wildman–Crippen LogP) is 8.66. The number of hydrogen-bond acceptors (Lipinski definition) is 4. The molecule has 2 aromatic rings. The first-order valence-corrected chi connectivity index (χ1v) is 17.0. The van der Waals surface area contributed by atoms with Crippen molar-refractivity contribution in [1.82, 2.24) is 0 Å². The second-order valence-electron chi connectivity index (χ2n) is 14.6. The SMILES string of the molecule is CCCCCOC(=O)c1ccc(C23CC4C5CC6(c7ccc(C(=O)OCCCCC)cc7)C[C@H]4C(C2)[C@H](C6)C5C3)cc1. The molecule has 7 fully saturated rings. The van der Waals surface area contributed by atoms with E-state index in [4.69, 9.17) is 9.47 Å². The van der Waals surface area contributed by atoms with Crippen LogP contribution in [0.25, 0.3) is 0 Å². The van der Waals surface area contributed by atoms with Gasteiger partial charge in [0.1, 0.15) is 0 Å². The van der Waals surface area contributed by atoms with Gasteiger partial charge in [0.25, 0.3) is 0 Å². The lowest BCUT2D eigenvalue weighted by atomic mass is 9.29. The summed E-state index contributed by atoms with van der Waals surface area (Å²) >= 11 is 0. The number of ether oxygens (including phenoxy) is 2. The summed E-state index contributed by atoms with van der Waals surface area (Å²) < 4.78 is 11.0. The van der Waals surface area contributed by atoms with Crippen LogP contribution in [0.2, 0.25) is 0 Å². The molecule has 0 unspecified atom stereocenters. The lowest BCUT2D eigenvalue weighted by Gasteiger charge is -2.75. The Morgan fingerprint density at radius 3 is 1.14 bits per heavy atom. The number of unbranched alkanes of at least 4 members (excludes halogenated alkanes) is 4. The summed E-state index contributed by atoms with van der Waals surface area (Å²) in [4.78, 5) is 25.1. The van der Waals surface area contributed by atoms with E-state index in [2.05, 4.69) is 38.1 Å². The minimum absolute atomic E-state index is 0.180. The Bertz CT molecular complexity index is 1130. The van der Waals surface area contributed by atoms with Crippen LogP contribution in [-0.4, -0.2) is 25.2 Å². The average Bonchev–Trinajstić information content (AvgIpc) is 3.03. The molecule has 0 aliphatic heterocycles. The van der Waals surface area contributed by atoms with Crippen LogP contribution in [0.4, 0.5) is 0 Å². The number of rotatable bonds is 12. The summed E-state index contributed by atoms with van der Waals surface area (Å²) in [6.07, 6.45) is 14.3. The lowest BCUT2D eigenvalue weighted by molar-refractivity contribution is -0.221. The fraction of sp³-hybridized carbons (Fsp3) is 0.632. The Balaban J connectivity index is 1.03. The molecule has 0 atom stereocenters. The molecule has 0 saturated heterocycles. The van der Waals surface area contributed by atoms with Gasteiger partial charge in [-0.15, -0.1) is 0 Å². The third-order valence-electron chi connectivity index (χ3n) is 12.5. The van der Waals surface area contributed by atoms with E-state index in [9.17, 15) is 9.59 Å². The van der Waals surface area contributed by atoms with Gasteiger partial charge < -0.3 is 9.47 Å². The summed E-state index contributed by atoms with van der Waals surface area (Å²) in [6.45, 7) is 5.36. The van der Waals surface area contributed by atoms with Crippen molar-refractivity contribution in [3.63, 3.8) is 0 Å². The van der Waals surface area contributed by atoms with E-state index in [1.807, 2.05) is 24.3 Å². The second-order valence-corrected chi connectivity index (χ2v) is 14.6. The number of hydrogen-bond donors (Lipinski definition) is 0. The number of carbonyl (C=O) groups is 2. The summed E-state index contributed by atoms with van der Waals surface area (Å²) in [5.74, 6) is 4.68. The molecule has 0 N–H and O–H groups in total. The van der Waals surface area contributed by atoms with Crippen molar-refractivity contribution < 1.29 is 19.1 Å². The first-order valence-electron chi connectivity index (χ1n) is 17.0. The molecule has 224 valence electrons. The highest BCUT2D eigenvalue weighted by atomic mass is 16.5. The molecule has 0 amide bonds. The fourth-order valence-electron chi connectivity index (χ4n) is 10.8. The van der Waals surface area contributed by atoms with Gasteiger partial charge in [-0.3, -0.25) is 0 Å². The van der Waals surface area contributed by atoms with Gasteiger partial charge in [-0.1, -0.05) is 63.8 Å². The van der Waals surface area contributed by atoms with E-state index in [-0.39, 0.29) is 11.9 Å². The first-order chi connectivity index (χ1) is 20.5. The van der Waals surface area contributed by atoms with Crippen molar-refractivity contribution in [2.75, 3.05) is 13.2 Å². The second kappa shape index (κ2) is 11.1. The van der Waals surface area contributed by atoms with Gasteiger partial charge in [0.05, 0.1) is 24.3 Å². The number of carbonyl (C=O) groups excluding carboxylic acids is 2. The Morgan fingerprint density at radius 2 is 0.857 bits per heavy atom. The molecule has 8 bridgehead atoms. The Kier molecular flexibility index (Phi) is 7.47. The fourth-order valence-corrected chi connectivity index (χ4v) is 10.8. The smallest absolute Gasteiger partial charge is 0.338 e. The molecule has 9 rings (SSSR count). The Hall–Kier alpha value is -2.62. The maximum Gasteiger partial charge on any atom is 0.338 e. The lowest BCUT2D eigenvalue weighted by Crippen LogP contribution is -2.69. The van der Waals surface area contributed by atoms with Gasteiger partial charge in [0, 0.05) is 0 Å². The topological polar surface area (TPSA) is 52.6 Å². The molecule has 7 aliphatic carbocycles. The third-order valence-corrected chi connectivity index (χ3v) is 12.5. The van der Waals surface area contributed by atoms with E-state index in [0.717, 1.165) is 74.0 Å². The standard InChI is InChI=1S/C38H48O4/c1-3-5-7-17-41-35(39)25-9-13-27(14-10-25)37-19-29-32-22-38(23-33(29)31(21-37)34(24-38)30(32)20-37)28-15-11-26(12-16-28)36(40)42-18-8-6-4-2/h9-16,29-34H,3-8,17-24H2,1-2H3/t29-,30-,31?,32?,33?,34?,37?,38?/m0/s1. The Labute approximate surface area is 251 Å². The zero-order valence-corrected chi connectivity index (χ0v) is 25.6. The van der Waals surface area contributed by atoms with E-state index in [0.29, 0.717) is 35.2 Å². The van der Waals surface area contributed by atoms with Crippen LogP contribution in [0, 0.1) is 35.5 Å². The van der Waals surface area contributed by atoms with Crippen LogP contribution in [0.15, 0.2) is 48.5 Å². The molecule has 4 nitrogen and oxygen atoms in total. The highest BCUT2D eigenvalue weighted by Gasteiger charge is 2.70. The highest BCUT2D eigenvalue weighted by molar-refractivity contribution is 5.90. The zero-order chi connectivity index (χ0) is 28.9. The van der Waals surface area contributed by atoms with E-state index >= 15 is 0 Å². The summed E-state index contributed by atoms with van der Waals surface area (Å²) in [6, 6.07) is 17.1. The van der Waals surface area contributed by atoms with Crippen molar-refractivity contribution in [2.24, 2.45) is 35.5 Å². The molecule has 2 aromatic carbocycles. The molecule has 7 saturated carbocycles. The van der Waals surface area contributed by atoms with Gasteiger partial charge >= 0.3 is 11.9 Å². The van der Waals surface area contributed by atoms with E-state index in [1.54, 1.807) is 0 Å². The largest absolute Gasteiger partial charge is 0.462 e. The Morgan fingerprint density at radius 1 is 0.548 bits per heavy atom. The summed E-state index contributed by atoms with van der Waals surface area (Å²) in [7, 11) is 0. The molecule has 7 aliphatic rings. The van der Waals surface area contributed by atoms with E-state index < -0.39 is 0 Å². The maximum atomic E-state index is 12.6. The first kappa shape index (κ1) is 28.2. The maximum absolute atomic E-state index is 12.6. The highest BCUT2D eigenvalue weighted by Crippen LogP contribution is 2.77. The van der Waals surface area contributed by atoms with Crippen LogP contribution in [0.1, 0.15) is 123 Å². The molecule has 0 aromatic heterocycles. The van der Waals surface area contributed by atoms with Crippen molar-refractivity contribution >= 4 is 11.9 Å². The van der Waals surface area contributed by atoms with Crippen molar-refractivity contribution in [3.8, 4) is 0 Å². The van der Waals surface area contributed by atoms with Crippen molar-refractivity contribution in [2.45, 2.75) is 102 Å². The molecular formula is C38H48O4. The zero-order valence-electron chi connectivity index (χ0n) is 25.6. The molecule has 0 radical (unpaired) electrons. The van der Waals surface area contributed by atoms with Crippen LogP contribution < -0.4 is 0 Å². The summed E-state index contributed by atoms with van der Waals surface area (Å²) in [5.41, 5.74) is 4.90. The van der Waals surface area contributed by atoms with Crippen LogP contribution >= 0.6 is 0 Å². The van der Waals surface area contributed by atoms with Crippen molar-refractivity contribution in [3.05, 3.63) is 70.8 Å². The summed E-state index contributed by atoms with van der Waals surface area (Å²) in [5, 5.41) is 0. The number of esters is 2. The molecule has 42 heavy (non-hydrogen) atoms. The molecular weight excluding hydrogens is 520 g/mol. The minimum atomic E-state index is -0.180. The van der Waals surface area contributed by atoms with Crippen LogP contribution in [0.3, 0.4) is 0 Å². The number of benzene rings is 2. The molecule has 0 heterocycles. The monoisotopic (exact) mass is 568 g/mol. The van der Waals surface area contributed by atoms with Crippen molar-refractivity contribution in [1.29, 1.82) is 0 Å². The van der Waals surface area contributed by atoms with Gasteiger partial charge in [-0.2, -0.15) is 0 Å². The molecule has 4 heteroatoms. The van der Waals surface area contributed by atoms with Gasteiger partial charge in [0.2, 0.25) is 0 Å². The van der Waals surface area contributed by atoms with Gasteiger partial charge in [-0.05, 0) is 133 Å². The van der Waals surface area contributed by atoms with Crippen LogP contribution in [0.5, 0.6) is 0 Å². The minimum Gasteiger partial charge on any atom is -0.462 e. The van der Waals surface area contributed by atoms with Gasteiger partial charge in [0.15, 0.2) is 0 Å². The van der Waals surface area contributed by atoms with Gasteiger partial charge in [-0.25, -0.2) is 9.59 Å². The predicted molar refractivity (Wildman–Crippen MR) is 164 cm³/mol. The van der Waals surface area contributed by atoms with E-state index in [1.165, 1.54) is 49.7 Å². The van der Waals surface area contributed by atoms with Crippen LogP contribution in [-0.2, 0) is 20.3 Å². The quantitative estimate of drug-likeness (QED) is 0.190.